The third-order valence-corrected chi connectivity index (χ3v) is 6.44. The van der Waals surface area contributed by atoms with Gasteiger partial charge in [0.15, 0.2) is 0 Å². The summed E-state index contributed by atoms with van der Waals surface area (Å²) in [6, 6.07) is 9.59. The van der Waals surface area contributed by atoms with Crippen molar-refractivity contribution in [1.29, 1.82) is 0 Å². The van der Waals surface area contributed by atoms with Crippen molar-refractivity contribution in [3.05, 3.63) is 41.5 Å². The van der Waals surface area contributed by atoms with Crippen LogP contribution in [-0.2, 0) is 23.0 Å². The summed E-state index contributed by atoms with van der Waals surface area (Å²) in [6.07, 6.45) is 13.5. The minimum Gasteiger partial charge on any atom is -0.744 e. The Morgan fingerprint density at radius 3 is 1.93 bits per heavy atom. The maximum absolute atomic E-state index is 11.8. The second kappa shape index (κ2) is 14.3. The molecule has 0 bridgehead atoms. The van der Waals surface area contributed by atoms with Gasteiger partial charge >= 0.3 is 51.4 Å². The average Bonchev–Trinajstić information content (AvgIpc) is 2.66. The zero-order valence-corrected chi connectivity index (χ0v) is 22.4. The van der Waals surface area contributed by atoms with Crippen molar-refractivity contribution in [1.82, 2.24) is 0 Å². The average molecular weight is 443 g/mol. The topological polar surface area (TPSA) is 57.2 Å². The number of unbranched alkanes of at least 4 members (excludes halogenated alkanes) is 8. The molecule has 29 heavy (non-hydrogen) atoms. The van der Waals surface area contributed by atoms with E-state index in [0.29, 0.717) is 12.0 Å². The molecule has 0 aliphatic heterocycles. The first-order valence-electron chi connectivity index (χ1n) is 11.0. The van der Waals surface area contributed by atoms with Gasteiger partial charge in [0.25, 0.3) is 0 Å². The molecule has 5 heteroatoms. The monoisotopic (exact) mass is 442 g/mol. The van der Waals surface area contributed by atoms with E-state index in [4.69, 9.17) is 0 Å². The summed E-state index contributed by atoms with van der Waals surface area (Å²) in [5.41, 5.74) is 1.99. The van der Waals surface area contributed by atoms with E-state index < -0.39 is 10.1 Å². The minimum absolute atomic E-state index is 0. The molecule has 0 aliphatic rings. The van der Waals surface area contributed by atoms with Gasteiger partial charge in [0.05, 0.1) is 4.90 Å². The molecule has 2 rings (SSSR count). The number of hydrogen-bond acceptors (Lipinski definition) is 3. The van der Waals surface area contributed by atoms with Gasteiger partial charge in [0.2, 0.25) is 0 Å². The maximum Gasteiger partial charge on any atom is 1.00 e. The SMILES string of the molecule is CCCCCCCc1ccc2c(CCCCCCC)c(S(=O)(=O)[O-])ccc2c1.[K+]. The van der Waals surface area contributed by atoms with Crippen LogP contribution >= 0.6 is 0 Å². The predicted octanol–water partition coefficient (Wildman–Crippen LogP) is 3.77. The molecule has 0 saturated carbocycles. The Hall–Kier alpha value is 0.246. The fourth-order valence-electron chi connectivity index (χ4n) is 3.91. The van der Waals surface area contributed by atoms with E-state index in [2.05, 4.69) is 26.0 Å². The van der Waals surface area contributed by atoms with Gasteiger partial charge in [-0.05, 0) is 53.6 Å². The first kappa shape index (κ1) is 27.3. The predicted molar refractivity (Wildman–Crippen MR) is 117 cm³/mol. The summed E-state index contributed by atoms with van der Waals surface area (Å²) < 4.78 is 35.3. The van der Waals surface area contributed by atoms with E-state index in [1.807, 2.05) is 6.07 Å². The van der Waals surface area contributed by atoms with Gasteiger partial charge in [0.1, 0.15) is 10.1 Å². The molecule has 0 atom stereocenters. The van der Waals surface area contributed by atoms with Crippen LogP contribution in [0.4, 0.5) is 0 Å². The quantitative estimate of drug-likeness (QED) is 0.269. The van der Waals surface area contributed by atoms with Crippen molar-refractivity contribution in [3.8, 4) is 0 Å². The van der Waals surface area contributed by atoms with Crippen LogP contribution in [0.15, 0.2) is 35.2 Å². The summed E-state index contributed by atoms with van der Waals surface area (Å²) in [7, 11) is -4.46. The second-order valence-electron chi connectivity index (χ2n) is 7.88. The molecule has 0 unspecified atom stereocenters. The van der Waals surface area contributed by atoms with Gasteiger partial charge in [-0.3, -0.25) is 0 Å². The molecule has 0 radical (unpaired) electrons. The largest absolute Gasteiger partial charge is 1.00 e. The van der Waals surface area contributed by atoms with Gasteiger partial charge in [-0.15, -0.1) is 0 Å². The summed E-state index contributed by atoms with van der Waals surface area (Å²) >= 11 is 0. The van der Waals surface area contributed by atoms with E-state index in [1.165, 1.54) is 56.6 Å². The fraction of sp³-hybridized carbons (Fsp3) is 0.583. The van der Waals surface area contributed by atoms with Crippen LogP contribution in [0.25, 0.3) is 10.8 Å². The van der Waals surface area contributed by atoms with Crippen LogP contribution < -0.4 is 51.4 Å². The third-order valence-electron chi connectivity index (χ3n) is 5.52. The first-order valence-corrected chi connectivity index (χ1v) is 12.4. The number of aryl methyl sites for hydroxylation is 2. The molecular formula is C24H35KO3S. The molecule has 0 heterocycles. The molecule has 0 aliphatic carbocycles. The first-order chi connectivity index (χ1) is 13.5. The van der Waals surface area contributed by atoms with Crippen molar-refractivity contribution in [2.45, 2.75) is 95.8 Å². The van der Waals surface area contributed by atoms with Crippen LogP contribution in [0.5, 0.6) is 0 Å². The van der Waals surface area contributed by atoms with E-state index in [-0.39, 0.29) is 56.3 Å². The van der Waals surface area contributed by atoms with Crippen LogP contribution in [0, 0.1) is 0 Å². The van der Waals surface area contributed by atoms with Crippen LogP contribution in [-0.4, -0.2) is 13.0 Å². The molecule has 0 amide bonds. The molecule has 0 N–H and O–H groups in total. The zero-order valence-electron chi connectivity index (χ0n) is 18.5. The van der Waals surface area contributed by atoms with Crippen molar-refractivity contribution in [2.75, 3.05) is 0 Å². The Morgan fingerprint density at radius 1 is 0.759 bits per heavy atom. The van der Waals surface area contributed by atoms with Crippen LogP contribution in [0.1, 0.15) is 89.2 Å². The van der Waals surface area contributed by atoms with Gasteiger partial charge in [-0.2, -0.15) is 0 Å². The number of fused-ring (bicyclic) bond motifs is 1. The maximum atomic E-state index is 11.8. The Labute approximate surface area is 220 Å². The molecule has 0 saturated heterocycles. The van der Waals surface area contributed by atoms with E-state index in [0.717, 1.165) is 36.5 Å². The fourth-order valence-corrected chi connectivity index (χ4v) is 4.66. The van der Waals surface area contributed by atoms with E-state index >= 15 is 0 Å². The molecule has 2 aromatic carbocycles. The van der Waals surface area contributed by atoms with Gasteiger partial charge < -0.3 is 4.55 Å². The van der Waals surface area contributed by atoms with E-state index in [9.17, 15) is 13.0 Å². The molecule has 0 spiro atoms. The van der Waals surface area contributed by atoms with Crippen LogP contribution in [0.3, 0.4) is 0 Å². The molecule has 2 aromatic rings. The number of rotatable bonds is 13. The van der Waals surface area contributed by atoms with E-state index in [1.54, 1.807) is 6.07 Å². The molecule has 0 aromatic heterocycles. The molecular weight excluding hydrogens is 407 g/mol. The summed E-state index contributed by atoms with van der Waals surface area (Å²) in [6.45, 7) is 4.40. The van der Waals surface area contributed by atoms with Gasteiger partial charge in [0, 0.05) is 0 Å². The number of hydrogen-bond donors (Lipinski definition) is 0. The van der Waals surface area contributed by atoms with Crippen molar-refractivity contribution >= 4 is 20.9 Å². The van der Waals surface area contributed by atoms with Crippen molar-refractivity contribution in [2.24, 2.45) is 0 Å². The Balaban J connectivity index is 0.00000420. The smallest absolute Gasteiger partial charge is 0.744 e. The minimum atomic E-state index is -4.46. The zero-order chi connectivity index (χ0) is 20.4. The van der Waals surface area contributed by atoms with Crippen LogP contribution in [0.2, 0.25) is 0 Å². The summed E-state index contributed by atoms with van der Waals surface area (Å²) in [5.74, 6) is 0. The molecule has 156 valence electrons. The molecule has 3 nitrogen and oxygen atoms in total. The second-order valence-corrected chi connectivity index (χ2v) is 9.23. The summed E-state index contributed by atoms with van der Waals surface area (Å²) in [4.78, 5) is -0.0391. The normalized spacial score (nSPS) is 11.6. The Kier molecular flexibility index (Phi) is 13.5. The Bertz CT molecular complexity index is 847. The third kappa shape index (κ3) is 9.10. The molecule has 0 fully saturated rings. The Morgan fingerprint density at radius 2 is 1.34 bits per heavy atom. The van der Waals surface area contributed by atoms with Crippen molar-refractivity contribution < 1.29 is 64.4 Å². The standard InChI is InChI=1S/C24H36O3S.K/c1-3-5-7-9-11-13-20-15-17-22-21(19-20)16-18-24(28(25,26)27)23(22)14-12-10-8-6-4-2;/h15-19H,3-14H2,1-2H3,(H,25,26,27);/q;+1/p-1. The van der Waals surface area contributed by atoms with Gasteiger partial charge in [-0.1, -0.05) is 89.5 Å². The van der Waals surface area contributed by atoms with Crippen molar-refractivity contribution in [3.63, 3.8) is 0 Å². The number of benzene rings is 2. The summed E-state index contributed by atoms with van der Waals surface area (Å²) in [5, 5.41) is 1.96. The van der Waals surface area contributed by atoms with Gasteiger partial charge in [-0.25, -0.2) is 8.42 Å².